The lowest BCUT2D eigenvalue weighted by Gasteiger charge is -2.34. The summed E-state index contributed by atoms with van der Waals surface area (Å²) in [5, 5.41) is 6.43. The van der Waals surface area contributed by atoms with Gasteiger partial charge in [-0.2, -0.15) is 0 Å². The van der Waals surface area contributed by atoms with Gasteiger partial charge in [0, 0.05) is 30.8 Å². The van der Waals surface area contributed by atoms with Crippen molar-refractivity contribution in [3.05, 3.63) is 22.4 Å². The summed E-state index contributed by atoms with van der Waals surface area (Å²) < 4.78 is 2.77. The highest BCUT2D eigenvalue weighted by Crippen LogP contribution is 2.24. The van der Waals surface area contributed by atoms with Crippen LogP contribution in [0.5, 0.6) is 0 Å². The molecule has 0 bridgehead atoms. The van der Waals surface area contributed by atoms with Gasteiger partial charge >= 0.3 is 0 Å². The van der Waals surface area contributed by atoms with Crippen LogP contribution in [0.3, 0.4) is 0 Å². The summed E-state index contributed by atoms with van der Waals surface area (Å²) in [4.78, 5) is 12.1. The Morgan fingerprint density at radius 2 is 2.44 bits per heavy atom. The second-order valence-corrected chi connectivity index (χ2v) is 6.34. The molecule has 2 rings (SSSR count). The van der Waals surface area contributed by atoms with Crippen LogP contribution in [0.25, 0.3) is 0 Å². The average Bonchev–Trinajstić information content (AvgIpc) is 2.67. The van der Waals surface area contributed by atoms with Crippen molar-refractivity contribution in [1.29, 1.82) is 0 Å². The van der Waals surface area contributed by atoms with E-state index >= 15 is 0 Å². The number of rotatable bonds is 3. The highest BCUT2D eigenvalue weighted by molar-refractivity contribution is 9.10. The Balaban J connectivity index is 1.94. The third kappa shape index (κ3) is 3.14. The Morgan fingerprint density at radius 1 is 1.67 bits per heavy atom. The van der Waals surface area contributed by atoms with Crippen molar-refractivity contribution in [2.45, 2.75) is 19.8 Å². The van der Waals surface area contributed by atoms with Crippen molar-refractivity contribution >= 4 is 21.8 Å². The van der Waals surface area contributed by atoms with Crippen LogP contribution in [-0.2, 0) is 7.05 Å². The maximum atomic E-state index is 12.1. The fourth-order valence-electron chi connectivity index (χ4n) is 2.40. The fourth-order valence-corrected chi connectivity index (χ4v) is 2.93. The normalized spacial score (nSPS) is 23.9. The summed E-state index contributed by atoms with van der Waals surface area (Å²) in [5.41, 5.74) is 0.866. The molecule has 0 radical (unpaired) electrons. The fraction of sp³-hybridized carbons (Fsp3) is 0.615. The molecule has 0 aliphatic carbocycles. The number of nitrogens with one attached hydrogen (secondary N) is 2. The zero-order chi connectivity index (χ0) is 13.2. The number of hydrogen-bond acceptors (Lipinski definition) is 2. The standard InChI is InChI=1S/C13H20BrN3O/c1-13(4-3-5-15-8-13)9-16-12(18)11-6-10(14)7-17(11)2/h6-7,15H,3-5,8-9H2,1-2H3,(H,16,18). The second kappa shape index (κ2) is 5.45. The first-order valence-electron chi connectivity index (χ1n) is 6.31. The van der Waals surface area contributed by atoms with Crippen LogP contribution in [0.1, 0.15) is 30.3 Å². The minimum atomic E-state index is -0.00463. The molecule has 5 heteroatoms. The number of carbonyl (C=O) groups excluding carboxylic acids is 1. The van der Waals surface area contributed by atoms with E-state index < -0.39 is 0 Å². The van der Waals surface area contributed by atoms with Crippen LogP contribution in [0.15, 0.2) is 16.7 Å². The smallest absolute Gasteiger partial charge is 0.267 e. The van der Waals surface area contributed by atoms with Crippen LogP contribution >= 0.6 is 15.9 Å². The lowest BCUT2D eigenvalue weighted by molar-refractivity contribution is 0.0916. The molecule has 0 saturated carbocycles. The zero-order valence-corrected chi connectivity index (χ0v) is 12.5. The zero-order valence-electron chi connectivity index (χ0n) is 10.9. The molecule has 1 saturated heterocycles. The van der Waals surface area contributed by atoms with Gasteiger partial charge in [-0.25, -0.2) is 0 Å². The molecule has 2 heterocycles. The molecule has 1 amide bonds. The van der Waals surface area contributed by atoms with Crippen molar-refractivity contribution < 1.29 is 4.79 Å². The minimum Gasteiger partial charge on any atom is -0.350 e. The molecule has 18 heavy (non-hydrogen) atoms. The predicted octanol–water partition coefficient (Wildman–Crippen LogP) is 1.91. The summed E-state index contributed by atoms with van der Waals surface area (Å²) in [5.74, 6) is -0.00463. The first-order valence-corrected chi connectivity index (χ1v) is 7.10. The first kappa shape index (κ1) is 13.6. The van der Waals surface area contributed by atoms with E-state index in [4.69, 9.17) is 0 Å². The molecule has 1 aliphatic rings. The summed E-state index contributed by atoms with van der Waals surface area (Å²) in [6.45, 7) is 5.01. The largest absolute Gasteiger partial charge is 0.350 e. The van der Waals surface area contributed by atoms with Gasteiger partial charge in [-0.15, -0.1) is 0 Å². The molecule has 1 unspecified atom stereocenters. The summed E-state index contributed by atoms with van der Waals surface area (Å²) in [6, 6.07) is 1.84. The maximum absolute atomic E-state index is 12.1. The van der Waals surface area contributed by atoms with E-state index in [0.717, 1.165) is 30.5 Å². The van der Waals surface area contributed by atoms with E-state index in [2.05, 4.69) is 33.5 Å². The maximum Gasteiger partial charge on any atom is 0.267 e. The summed E-state index contributed by atoms with van der Waals surface area (Å²) in [7, 11) is 1.88. The van der Waals surface area contributed by atoms with Gasteiger partial charge in [0.15, 0.2) is 0 Å². The van der Waals surface area contributed by atoms with Gasteiger partial charge in [-0.3, -0.25) is 4.79 Å². The number of aromatic nitrogens is 1. The van der Waals surface area contributed by atoms with E-state index in [9.17, 15) is 4.79 Å². The Kier molecular flexibility index (Phi) is 4.12. The molecule has 1 aliphatic heterocycles. The Hall–Kier alpha value is -0.810. The second-order valence-electron chi connectivity index (χ2n) is 5.43. The molecule has 1 fully saturated rings. The van der Waals surface area contributed by atoms with Gasteiger partial charge in [-0.05, 0) is 46.8 Å². The number of piperidine rings is 1. The SMILES string of the molecule is Cn1cc(Br)cc1C(=O)NCC1(C)CCCNC1. The lowest BCUT2D eigenvalue weighted by Crippen LogP contribution is -2.45. The molecule has 100 valence electrons. The molecule has 1 aromatic rings. The third-order valence-corrected chi connectivity index (χ3v) is 4.00. The van der Waals surface area contributed by atoms with Crippen molar-refractivity contribution in [3.8, 4) is 0 Å². The highest BCUT2D eigenvalue weighted by Gasteiger charge is 2.27. The molecular formula is C13H20BrN3O. The quantitative estimate of drug-likeness (QED) is 0.895. The predicted molar refractivity (Wildman–Crippen MR) is 75.7 cm³/mol. The highest BCUT2D eigenvalue weighted by atomic mass is 79.9. The van der Waals surface area contributed by atoms with Gasteiger partial charge in [0.2, 0.25) is 0 Å². The molecular weight excluding hydrogens is 294 g/mol. The van der Waals surface area contributed by atoms with Gasteiger partial charge in [0.1, 0.15) is 5.69 Å². The van der Waals surface area contributed by atoms with Crippen LogP contribution in [0.4, 0.5) is 0 Å². The van der Waals surface area contributed by atoms with Crippen LogP contribution < -0.4 is 10.6 Å². The van der Waals surface area contributed by atoms with Gasteiger partial charge in [0.05, 0.1) is 0 Å². The Bertz CT molecular complexity index is 435. The number of halogens is 1. The van der Waals surface area contributed by atoms with Gasteiger partial charge in [-0.1, -0.05) is 6.92 Å². The molecule has 4 nitrogen and oxygen atoms in total. The van der Waals surface area contributed by atoms with E-state index in [1.54, 1.807) is 0 Å². The monoisotopic (exact) mass is 313 g/mol. The first-order chi connectivity index (χ1) is 8.50. The van der Waals surface area contributed by atoms with Crippen LogP contribution in [0, 0.1) is 5.41 Å². The molecule has 1 aromatic heterocycles. The van der Waals surface area contributed by atoms with E-state index in [0.29, 0.717) is 5.69 Å². The number of aryl methyl sites for hydroxylation is 1. The van der Waals surface area contributed by atoms with E-state index in [1.807, 2.05) is 23.9 Å². The third-order valence-electron chi connectivity index (χ3n) is 3.57. The number of amides is 1. The van der Waals surface area contributed by atoms with Crippen molar-refractivity contribution in [3.63, 3.8) is 0 Å². The Morgan fingerprint density at radius 3 is 3.00 bits per heavy atom. The molecule has 0 spiro atoms. The summed E-state index contributed by atoms with van der Waals surface area (Å²) >= 11 is 3.38. The topological polar surface area (TPSA) is 46.1 Å². The van der Waals surface area contributed by atoms with Crippen molar-refractivity contribution in [2.24, 2.45) is 12.5 Å². The average molecular weight is 314 g/mol. The number of nitrogens with zero attached hydrogens (tertiary/aromatic N) is 1. The van der Waals surface area contributed by atoms with Gasteiger partial charge < -0.3 is 15.2 Å². The van der Waals surface area contributed by atoms with Gasteiger partial charge in [0.25, 0.3) is 5.91 Å². The van der Waals surface area contributed by atoms with Crippen molar-refractivity contribution in [1.82, 2.24) is 15.2 Å². The number of carbonyl (C=O) groups is 1. The minimum absolute atomic E-state index is 0.00463. The molecule has 2 N–H and O–H groups in total. The Labute approximate surface area is 116 Å². The number of hydrogen-bond donors (Lipinski definition) is 2. The lowest BCUT2D eigenvalue weighted by atomic mass is 9.83. The van der Waals surface area contributed by atoms with E-state index in [1.165, 1.54) is 6.42 Å². The molecule has 1 atom stereocenters. The molecule has 0 aromatic carbocycles. The summed E-state index contributed by atoms with van der Waals surface area (Å²) in [6.07, 6.45) is 4.23. The van der Waals surface area contributed by atoms with Crippen LogP contribution in [0.2, 0.25) is 0 Å². The van der Waals surface area contributed by atoms with Crippen LogP contribution in [-0.4, -0.2) is 30.1 Å². The van der Waals surface area contributed by atoms with Crippen molar-refractivity contribution in [2.75, 3.05) is 19.6 Å². The van der Waals surface area contributed by atoms with E-state index in [-0.39, 0.29) is 11.3 Å².